The summed E-state index contributed by atoms with van der Waals surface area (Å²) in [6, 6.07) is 0. The Labute approximate surface area is 58.6 Å². The number of alkyl halides is 1. The van der Waals surface area contributed by atoms with Gasteiger partial charge in [-0.05, 0) is 14.1 Å². The van der Waals surface area contributed by atoms with Gasteiger partial charge in [-0.15, -0.1) is 0 Å². The zero-order chi connectivity index (χ0) is 6.15. The molecular weight excluding hydrogens is 168 g/mol. The van der Waals surface area contributed by atoms with Crippen LogP contribution < -0.4 is 0 Å². The van der Waals surface area contributed by atoms with E-state index in [1.54, 1.807) is 0 Å². The highest BCUT2D eigenvalue weighted by molar-refractivity contribution is 9.09. The fourth-order valence-electron chi connectivity index (χ4n) is 0.865. The molecule has 0 N–H and O–H groups in total. The van der Waals surface area contributed by atoms with Crippen molar-refractivity contribution in [3.8, 4) is 0 Å². The Morgan fingerprint density at radius 2 is 1.62 bits per heavy atom. The second kappa shape index (κ2) is 2.33. The molecule has 0 amide bonds. The summed E-state index contributed by atoms with van der Waals surface area (Å²) < 4.78 is 0. The van der Waals surface area contributed by atoms with Crippen molar-refractivity contribution in [1.29, 1.82) is 0 Å². The number of likely N-dealkylation sites (N-methyl/N-ethyl adjacent to an activating group) is 2. The van der Waals surface area contributed by atoms with E-state index in [2.05, 4.69) is 39.8 Å². The predicted octanol–water partition coefficient (Wildman–Crippen LogP) is 0.542. The molecule has 1 heterocycles. The lowest BCUT2D eigenvalue weighted by molar-refractivity contribution is 0.287. The van der Waals surface area contributed by atoms with Gasteiger partial charge in [0.25, 0.3) is 0 Å². The van der Waals surface area contributed by atoms with Gasteiger partial charge in [0.1, 0.15) is 5.08 Å². The van der Waals surface area contributed by atoms with Gasteiger partial charge in [-0.2, -0.15) is 0 Å². The van der Waals surface area contributed by atoms with Crippen molar-refractivity contribution >= 4 is 15.9 Å². The van der Waals surface area contributed by atoms with E-state index >= 15 is 0 Å². The topological polar surface area (TPSA) is 6.48 Å². The van der Waals surface area contributed by atoms with Crippen LogP contribution in [0.4, 0.5) is 0 Å². The summed E-state index contributed by atoms with van der Waals surface area (Å²) in [6.45, 7) is 2.35. The molecule has 0 unspecified atom stereocenters. The molecule has 1 aliphatic rings. The molecule has 0 aliphatic carbocycles. The summed E-state index contributed by atoms with van der Waals surface area (Å²) >= 11 is 3.52. The molecule has 0 radical (unpaired) electrons. The fraction of sp³-hybridized carbons (Fsp3) is 1.00. The van der Waals surface area contributed by atoms with Crippen molar-refractivity contribution in [3.05, 3.63) is 0 Å². The molecule has 1 fully saturated rings. The molecule has 0 bridgehead atoms. The van der Waals surface area contributed by atoms with Crippen LogP contribution >= 0.6 is 15.9 Å². The molecule has 3 heteroatoms. The number of nitrogens with zero attached hydrogens (tertiary/aromatic N) is 2. The van der Waals surface area contributed by atoms with E-state index in [0.717, 1.165) is 0 Å². The zero-order valence-electron chi connectivity index (χ0n) is 5.26. The van der Waals surface area contributed by atoms with Crippen molar-refractivity contribution < 1.29 is 0 Å². The average molecular weight is 179 g/mol. The van der Waals surface area contributed by atoms with E-state index in [0.29, 0.717) is 5.08 Å². The quantitative estimate of drug-likeness (QED) is 0.395. The van der Waals surface area contributed by atoms with E-state index in [1.165, 1.54) is 13.1 Å². The SMILES string of the molecule is CN1CCN(C)C1Br. The highest BCUT2D eigenvalue weighted by atomic mass is 79.9. The molecule has 0 saturated carbocycles. The second-order valence-corrected chi connectivity index (χ2v) is 3.09. The van der Waals surface area contributed by atoms with Crippen LogP contribution in [0.1, 0.15) is 0 Å². The lowest BCUT2D eigenvalue weighted by atomic mass is 10.6. The van der Waals surface area contributed by atoms with E-state index in [1.807, 2.05) is 0 Å². The van der Waals surface area contributed by atoms with Gasteiger partial charge < -0.3 is 0 Å². The molecule has 8 heavy (non-hydrogen) atoms. The van der Waals surface area contributed by atoms with Gasteiger partial charge in [-0.1, -0.05) is 15.9 Å². The summed E-state index contributed by atoms with van der Waals surface area (Å²) in [5.74, 6) is 0. The normalized spacial score (nSPS) is 27.4. The predicted molar refractivity (Wildman–Crippen MR) is 38.0 cm³/mol. The Morgan fingerprint density at radius 1 is 1.25 bits per heavy atom. The largest absolute Gasteiger partial charge is 0.281 e. The zero-order valence-corrected chi connectivity index (χ0v) is 6.85. The van der Waals surface area contributed by atoms with E-state index < -0.39 is 0 Å². The van der Waals surface area contributed by atoms with Crippen molar-refractivity contribution in [1.82, 2.24) is 9.80 Å². The smallest absolute Gasteiger partial charge is 0.119 e. The van der Waals surface area contributed by atoms with Crippen LogP contribution in [-0.2, 0) is 0 Å². The molecule has 0 aromatic rings. The Morgan fingerprint density at radius 3 is 1.75 bits per heavy atom. The number of hydrogen-bond acceptors (Lipinski definition) is 2. The molecule has 1 aliphatic heterocycles. The summed E-state index contributed by atoms with van der Waals surface area (Å²) in [4.78, 5) is 4.53. The molecule has 0 aromatic carbocycles. The van der Waals surface area contributed by atoms with E-state index in [4.69, 9.17) is 0 Å². The minimum absolute atomic E-state index is 0.461. The summed E-state index contributed by atoms with van der Waals surface area (Å²) in [5.41, 5.74) is 0. The minimum atomic E-state index is 0.461. The molecule has 0 aromatic heterocycles. The van der Waals surface area contributed by atoms with Crippen LogP contribution in [0.15, 0.2) is 0 Å². The molecular formula is C5H11BrN2. The van der Waals surface area contributed by atoms with Crippen LogP contribution in [0, 0.1) is 0 Å². The first-order valence-corrected chi connectivity index (χ1v) is 3.68. The first-order valence-electron chi connectivity index (χ1n) is 2.76. The fourth-order valence-corrected chi connectivity index (χ4v) is 1.27. The molecule has 2 nitrogen and oxygen atoms in total. The third-order valence-electron chi connectivity index (χ3n) is 1.53. The molecule has 1 rings (SSSR count). The standard InChI is InChI=1S/C5H11BrN2/c1-7-3-4-8(2)5(7)6/h5H,3-4H2,1-2H3. The third-order valence-corrected chi connectivity index (χ3v) is 2.93. The van der Waals surface area contributed by atoms with Crippen LogP contribution in [0.3, 0.4) is 0 Å². The van der Waals surface area contributed by atoms with Crippen molar-refractivity contribution in [2.24, 2.45) is 0 Å². The van der Waals surface area contributed by atoms with Crippen molar-refractivity contribution in [2.75, 3.05) is 27.2 Å². The maximum Gasteiger partial charge on any atom is 0.119 e. The first-order chi connectivity index (χ1) is 3.72. The Bertz CT molecular complexity index is 76.5. The van der Waals surface area contributed by atoms with E-state index in [-0.39, 0.29) is 0 Å². The average Bonchev–Trinajstić information content (AvgIpc) is 1.98. The highest BCUT2D eigenvalue weighted by Crippen LogP contribution is 2.14. The number of rotatable bonds is 0. The second-order valence-electron chi connectivity index (χ2n) is 2.27. The Balaban J connectivity index is 2.44. The van der Waals surface area contributed by atoms with Crippen molar-refractivity contribution in [3.63, 3.8) is 0 Å². The highest BCUT2D eigenvalue weighted by Gasteiger charge is 2.22. The summed E-state index contributed by atoms with van der Waals surface area (Å²) in [6.07, 6.45) is 0. The Hall–Kier alpha value is 0.400. The number of halogens is 1. The minimum Gasteiger partial charge on any atom is -0.281 e. The van der Waals surface area contributed by atoms with Gasteiger partial charge in [-0.25, -0.2) is 0 Å². The van der Waals surface area contributed by atoms with Crippen molar-refractivity contribution in [2.45, 2.75) is 5.08 Å². The first kappa shape index (κ1) is 6.52. The monoisotopic (exact) mass is 178 g/mol. The molecule has 0 spiro atoms. The maximum atomic E-state index is 3.52. The number of hydrogen-bond donors (Lipinski definition) is 0. The Kier molecular flexibility index (Phi) is 1.90. The summed E-state index contributed by atoms with van der Waals surface area (Å²) in [7, 11) is 4.23. The van der Waals surface area contributed by atoms with Crippen LogP contribution in [-0.4, -0.2) is 42.1 Å². The van der Waals surface area contributed by atoms with Gasteiger partial charge in [0.05, 0.1) is 0 Å². The molecule has 0 atom stereocenters. The van der Waals surface area contributed by atoms with Gasteiger partial charge in [0, 0.05) is 13.1 Å². The molecule has 1 saturated heterocycles. The van der Waals surface area contributed by atoms with Crippen LogP contribution in [0.2, 0.25) is 0 Å². The van der Waals surface area contributed by atoms with E-state index in [9.17, 15) is 0 Å². The lowest BCUT2D eigenvalue weighted by Gasteiger charge is -2.16. The van der Waals surface area contributed by atoms with Gasteiger partial charge >= 0.3 is 0 Å². The third kappa shape index (κ3) is 1.04. The van der Waals surface area contributed by atoms with Crippen LogP contribution in [0.25, 0.3) is 0 Å². The maximum absolute atomic E-state index is 3.52. The molecule has 48 valence electrons. The lowest BCUT2D eigenvalue weighted by Crippen LogP contribution is -2.27. The van der Waals surface area contributed by atoms with Gasteiger partial charge in [0.2, 0.25) is 0 Å². The van der Waals surface area contributed by atoms with Gasteiger partial charge in [0.15, 0.2) is 0 Å². The summed E-state index contributed by atoms with van der Waals surface area (Å²) in [5, 5.41) is 0.461. The van der Waals surface area contributed by atoms with Gasteiger partial charge in [-0.3, -0.25) is 9.80 Å². The van der Waals surface area contributed by atoms with Crippen LogP contribution in [0.5, 0.6) is 0 Å².